The van der Waals surface area contributed by atoms with Crippen LogP contribution in [0.4, 0.5) is 5.82 Å². The molecule has 5 nitrogen and oxygen atoms in total. The van der Waals surface area contributed by atoms with Gasteiger partial charge in [0.25, 0.3) is 0 Å². The van der Waals surface area contributed by atoms with Crippen molar-refractivity contribution in [2.45, 2.75) is 27.7 Å². The molecule has 0 aliphatic rings. The summed E-state index contributed by atoms with van der Waals surface area (Å²) < 4.78 is 5.38. The minimum absolute atomic E-state index is 0.0777. The van der Waals surface area contributed by atoms with Crippen molar-refractivity contribution < 1.29 is 9.84 Å². The summed E-state index contributed by atoms with van der Waals surface area (Å²) in [5.74, 6) is 1.19. The highest BCUT2D eigenvalue weighted by molar-refractivity contribution is 5.88. The van der Waals surface area contributed by atoms with Gasteiger partial charge in [0.15, 0.2) is 11.5 Å². The molecule has 0 saturated heterocycles. The molecule has 0 radical (unpaired) electrons. The van der Waals surface area contributed by atoms with Crippen molar-refractivity contribution in [3.05, 3.63) is 58.7 Å². The lowest BCUT2D eigenvalue weighted by atomic mass is 10.0. The maximum atomic E-state index is 10.2. The molecule has 0 fully saturated rings. The van der Waals surface area contributed by atoms with Crippen molar-refractivity contribution in [1.82, 2.24) is 4.98 Å². The molecule has 3 aromatic rings. The van der Waals surface area contributed by atoms with Gasteiger partial charge in [0.1, 0.15) is 5.82 Å². The molecule has 1 aromatic heterocycles. The number of para-hydroxylation sites is 1. The molecule has 0 amide bonds. The number of ether oxygens (including phenoxy) is 1. The van der Waals surface area contributed by atoms with Crippen molar-refractivity contribution in [2.24, 2.45) is 5.10 Å². The van der Waals surface area contributed by atoms with E-state index in [0.717, 1.165) is 22.0 Å². The van der Waals surface area contributed by atoms with Gasteiger partial charge in [-0.3, -0.25) is 5.43 Å². The van der Waals surface area contributed by atoms with Crippen LogP contribution in [0, 0.1) is 20.8 Å². The number of benzene rings is 2. The fraction of sp³-hybridized carbons (Fsp3) is 0.238. The van der Waals surface area contributed by atoms with Crippen LogP contribution >= 0.6 is 0 Å². The third-order valence-corrected chi connectivity index (χ3v) is 4.17. The number of rotatable bonds is 5. The van der Waals surface area contributed by atoms with Crippen LogP contribution in [0.15, 0.2) is 41.5 Å². The number of fused-ring (bicyclic) bond motifs is 1. The van der Waals surface area contributed by atoms with E-state index in [4.69, 9.17) is 4.74 Å². The van der Waals surface area contributed by atoms with E-state index in [-0.39, 0.29) is 5.75 Å². The number of nitrogens with one attached hydrogen (secondary N) is 1. The SMILES string of the molecule is CCOc1cccc(/C=N/Nc2cc(C)c3cc(C)cc(C)c3n2)c1O. The lowest BCUT2D eigenvalue weighted by Gasteiger charge is -2.09. The summed E-state index contributed by atoms with van der Waals surface area (Å²) in [5.41, 5.74) is 8.00. The quantitative estimate of drug-likeness (QED) is 0.517. The standard InChI is InChI=1S/C21H23N3O2/c1-5-26-18-8-6-7-16(21(18)25)12-22-24-19-11-14(3)17-10-13(2)9-15(4)20(17)23-19/h6-12,25H,5H2,1-4H3,(H,23,24)/b22-12+. The highest BCUT2D eigenvalue weighted by atomic mass is 16.5. The summed E-state index contributed by atoms with van der Waals surface area (Å²) in [6.45, 7) is 8.58. The monoisotopic (exact) mass is 349 g/mol. The first-order chi connectivity index (χ1) is 12.5. The van der Waals surface area contributed by atoms with Crippen LogP contribution < -0.4 is 10.2 Å². The number of pyridine rings is 1. The Bertz CT molecular complexity index is 981. The topological polar surface area (TPSA) is 66.7 Å². The number of phenolic OH excluding ortho intramolecular Hbond substituents is 1. The first-order valence-corrected chi connectivity index (χ1v) is 8.62. The summed E-state index contributed by atoms with van der Waals surface area (Å²) in [7, 11) is 0. The summed E-state index contributed by atoms with van der Waals surface area (Å²) in [5, 5.41) is 15.6. The number of hydrogen-bond acceptors (Lipinski definition) is 5. The molecule has 0 aliphatic carbocycles. The van der Waals surface area contributed by atoms with Crippen LogP contribution in [0.3, 0.4) is 0 Å². The lowest BCUT2D eigenvalue weighted by Crippen LogP contribution is -1.98. The van der Waals surface area contributed by atoms with E-state index >= 15 is 0 Å². The average Bonchev–Trinajstić information content (AvgIpc) is 2.59. The number of hydrogen-bond donors (Lipinski definition) is 2. The van der Waals surface area contributed by atoms with E-state index in [0.29, 0.717) is 23.7 Å². The summed E-state index contributed by atoms with van der Waals surface area (Å²) in [4.78, 5) is 4.67. The number of aromatic nitrogens is 1. The van der Waals surface area contributed by atoms with E-state index in [9.17, 15) is 5.11 Å². The average molecular weight is 349 g/mol. The minimum Gasteiger partial charge on any atom is -0.504 e. The number of phenols is 1. The number of aromatic hydroxyl groups is 1. The van der Waals surface area contributed by atoms with Gasteiger partial charge >= 0.3 is 0 Å². The van der Waals surface area contributed by atoms with Crippen molar-refractivity contribution >= 4 is 22.9 Å². The van der Waals surface area contributed by atoms with E-state index < -0.39 is 0 Å². The van der Waals surface area contributed by atoms with Crippen molar-refractivity contribution in [3.63, 3.8) is 0 Å². The Balaban J connectivity index is 1.86. The fourth-order valence-electron chi connectivity index (χ4n) is 2.99. The molecule has 0 aliphatic heterocycles. The highest BCUT2D eigenvalue weighted by Crippen LogP contribution is 2.29. The Hall–Kier alpha value is -3.08. The first kappa shape index (κ1) is 17.7. The lowest BCUT2D eigenvalue weighted by molar-refractivity contribution is 0.318. The zero-order chi connectivity index (χ0) is 18.7. The van der Waals surface area contributed by atoms with Crippen LogP contribution in [0.5, 0.6) is 11.5 Å². The van der Waals surface area contributed by atoms with Gasteiger partial charge in [-0.15, -0.1) is 0 Å². The molecule has 2 N–H and O–H groups in total. The van der Waals surface area contributed by atoms with Gasteiger partial charge in [0, 0.05) is 10.9 Å². The predicted octanol–water partition coefficient (Wildman–Crippen LogP) is 4.71. The Morgan fingerprint density at radius 2 is 1.96 bits per heavy atom. The summed E-state index contributed by atoms with van der Waals surface area (Å²) in [6.07, 6.45) is 1.56. The van der Waals surface area contributed by atoms with Crippen LogP contribution in [0.2, 0.25) is 0 Å². The first-order valence-electron chi connectivity index (χ1n) is 8.62. The van der Waals surface area contributed by atoms with Gasteiger partial charge in [-0.2, -0.15) is 5.10 Å². The molecule has 2 aromatic carbocycles. The number of nitrogens with zero attached hydrogens (tertiary/aromatic N) is 2. The van der Waals surface area contributed by atoms with Crippen LogP contribution in [-0.4, -0.2) is 22.9 Å². The summed E-state index contributed by atoms with van der Waals surface area (Å²) >= 11 is 0. The zero-order valence-corrected chi connectivity index (χ0v) is 15.5. The molecule has 26 heavy (non-hydrogen) atoms. The summed E-state index contributed by atoms with van der Waals surface area (Å²) in [6, 6.07) is 11.6. The van der Waals surface area contributed by atoms with Crippen molar-refractivity contribution in [2.75, 3.05) is 12.0 Å². The highest BCUT2D eigenvalue weighted by Gasteiger charge is 2.07. The Morgan fingerprint density at radius 3 is 2.73 bits per heavy atom. The van der Waals surface area contributed by atoms with Gasteiger partial charge in [0.05, 0.1) is 18.3 Å². The van der Waals surface area contributed by atoms with Crippen molar-refractivity contribution in [1.29, 1.82) is 0 Å². The van der Waals surface area contributed by atoms with Crippen LogP contribution in [-0.2, 0) is 0 Å². The zero-order valence-electron chi connectivity index (χ0n) is 15.5. The van der Waals surface area contributed by atoms with E-state index in [1.54, 1.807) is 18.3 Å². The van der Waals surface area contributed by atoms with Gasteiger partial charge in [-0.25, -0.2) is 4.98 Å². The third-order valence-electron chi connectivity index (χ3n) is 4.17. The molecular formula is C21H23N3O2. The molecule has 134 valence electrons. The predicted molar refractivity (Wildman–Crippen MR) is 106 cm³/mol. The normalized spacial score (nSPS) is 11.2. The molecule has 0 saturated carbocycles. The molecule has 0 atom stereocenters. The van der Waals surface area contributed by atoms with E-state index in [1.807, 2.05) is 19.1 Å². The van der Waals surface area contributed by atoms with Crippen molar-refractivity contribution in [3.8, 4) is 11.5 Å². The fourth-order valence-corrected chi connectivity index (χ4v) is 2.99. The number of aryl methyl sites for hydroxylation is 3. The molecule has 0 bridgehead atoms. The molecule has 0 unspecified atom stereocenters. The Morgan fingerprint density at radius 1 is 1.15 bits per heavy atom. The second kappa shape index (κ2) is 7.44. The van der Waals surface area contributed by atoms with Gasteiger partial charge in [-0.1, -0.05) is 17.7 Å². The second-order valence-corrected chi connectivity index (χ2v) is 6.30. The second-order valence-electron chi connectivity index (χ2n) is 6.30. The van der Waals surface area contributed by atoms with Crippen LogP contribution in [0.1, 0.15) is 29.2 Å². The van der Waals surface area contributed by atoms with Gasteiger partial charge < -0.3 is 9.84 Å². The van der Waals surface area contributed by atoms with Gasteiger partial charge in [-0.05, 0) is 63.1 Å². The number of anilines is 1. The van der Waals surface area contributed by atoms with E-state index in [1.165, 1.54) is 5.56 Å². The van der Waals surface area contributed by atoms with Gasteiger partial charge in [0.2, 0.25) is 0 Å². The maximum Gasteiger partial charge on any atom is 0.166 e. The molecule has 0 spiro atoms. The molecular weight excluding hydrogens is 326 g/mol. The van der Waals surface area contributed by atoms with Crippen LogP contribution in [0.25, 0.3) is 10.9 Å². The Kier molecular flexibility index (Phi) is 5.07. The minimum atomic E-state index is 0.0777. The largest absolute Gasteiger partial charge is 0.504 e. The van der Waals surface area contributed by atoms with E-state index in [2.05, 4.69) is 48.4 Å². The molecule has 1 heterocycles. The molecule has 5 heteroatoms. The third kappa shape index (κ3) is 3.61. The smallest absolute Gasteiger partial charge is 0.166 e. The molecule has 3 rings (SSSR count). The maximum absolute atomic E-state index is 10.2. The number of hydrazone groups is 1. The Labute approximate surface area is 153 Å².